The monoisotopic (exact) mass is 524 g/mol. The molecule has 1 aliphatic heterocycles. The molecule has 3 aromatic rings. The summed E-state index contributed by atoms with van der Waals surface area (Å²) in [5.41, 5.74) is 1.10. The summed E-state index contributed by atoms with van der Waals surface area (Å²) in [6, 6.07) is 8.99. The molecule has 0 bridgehead atoms. The van der Waals surface area contributed by atoms with Gasteiger partial charge < -0.3 is 14.4 Å². The molecule has 0 spiro atoms. The first-order valence-electron chi connectivity index (χ1n) is 10.1. The van der Waals surface area contributed by atoms with Crippen LogP contribution in [-0.2, 0) is 10.0 Å². The summed E-state index contributed by atoms with van der Waals surface area (Å²) in [6.07, 6.45) is 0. The summed E-state index contributed by atoms with van der Waals surface area (Å²) in [4.78, 5) is 17.0. The molecule has 0 amide bonds. The number of benzene rings is 2. The molecule has 2 aromatic carbocycles. The average Bonchev–Trinajstić information content (AvgIpc) is 3.34. The van der Waals surface area contributed by atoms with Gasteiger partial charge in [0.15, 0.2) is 5.13 Å². The molecular formula is C21H21ClN4O6S2. The highest BCUT2D eigenvalue weighted by Gasteiger charge is 2.31. The van der Waals surface area contributed by atoms with Gasteiger partial charge in [0.1, 0.15) is 16.5 Å². The quantitative estimate of drug-likeness (QED) is 0.337. The number of rotatable bonds is 7. The van der Waals surface area contributed by atoms with Crippen LogP contribution in [-0.4, -0.2) is 63.0 Å². The van der Waals surface area contributed by atoms with Crippen molar-refractivity contribution in [3.63, 3.8) is 0 Å². The zero-order valence-electron chi connectivity index (χ0n) is 18.3. The van der Waals surface area contributed by atoms with E-state index in [4.69, 9.17) is 26.1 Å². The first-order chi connectivity index (χ1) is 16.2. The lowest BCUT2D eigenvalue weighted by Crippen LogP contribution is -2.48. The number of nitrogens with zero attached hydrogens (tertiary/aromatic N) is 4. The minimum absolute atomic E-state index is 0.110. The van der Waals surface area contributed by atoms with E-state index in [1.807, 2.05) is 28.5 Å². The van der Waals surface area contributed by atoms with Crippen LogP contribution in [0.2, 0.25) is 5.02 Å². The summed E-state index contributed by atoms with van der Waals surface area (Å²) in [7, 11) is -0.717. The fraction of sp³-hybridized carbons (Fsp3) is 0.286. The Hall–Kier alpha value is -2.93. The third kappa shape index (κ3) is 4.67. The van der Waals surface area contributed by atoms with Crippen molar-refractivity contribution in [2.75, 3.05) is 45.3 Å². The molecule has 180 valence electrons. The molecule has 1 saturated heterocycles. The molecule has 1 aliphatic rings. The van der Waals surface area contributed by atoms with E-state index in [0.29, 0.717) is 24.6 Å². The second-order valence-corrected chi connectivity index (χ2v) is 10.5. The van der Waals surface area contributed by atoms with Gasteiger partial charge >= 0.3 is 0 Å². The van der Waals surface area contributed by atoms with Crippen LogP contribution >= 0.6 is 22.9 Å². The molecule has 0 N–H and O–H groups in total. The molecule has 10 nitrogen and oxygen atoms in total. The van der Waals surface area contributed by atoms with Gasteiger partial charge in [-0.3, -0.25) is 10.1 Å². The van der Waals surface area contributed by atoms with Crippen molar-refractivity contribution < 1.29 is 22.8 Å². The summed E-state index contributed by atoms with van der Waals surface area (Å²) in [5.74, 6) is 1.36. The Balaban J connectivity index is 1.50. The minimum atomic E-state index is -3.90. The van der Waals surface area contributed by atoms with E-state index in [0.717, 1.165) is 22.5 Å². The predicted octanol–water partition coefficient (Wildman–Crippen LogP) is 3.90. The molecule has 0 radical (unpaired) electrons. The van der Waals surface area contributed by atoms with E-state index < -0.39 is 20.6 Å². The second kappa shape index (κ2) is 9.74. The maximum Gasteiger partial charge on any atom is 0.289 e. The summed E-state index contributed by atoms with van der Waals surface area (Å²) in [5, 5.41) is 13.7. The number of hydrogen-bond donors (Lipinski definition) is 0. The average molecular weight is 525 g/mol. The molecule has 1 fully saturated rings. The van der Waals surface area contributed by atoms with Crippen LogP contribution in [0, 0.1) is 10.1 Å². The first kappa shape index (κ1) is 24.2. The van der Waals surface area contributed by atoms with Gasteiger partial charge in [-0.2, -0.15) is 4.31 Å². The van der Waals surface area contributed by atoms with Gasteiger partial charge in [-0.05, 0) is 30.3 Å². The topological polar surface area (TPSA) is 115 Å². The zero-order chi connectivity index (χ0) is 24.5. The number of hydrogen-bond acceptors (Lipinski definition) is 9. The van der Waals surface area contributed by atoms with Gasteiger partial charge in [0.25, 0.3) is 5.69 Å². The van der Waals surface area contributed by atoms with E-state index in [-0.39, 0.29) is 23.0 Å². The van der Waals surface area contributed by atoms with Crippen LogP contribution in [0.5, 0.6) is 11.5 Å². The number of aromatic nitrogens is 1. The number of sulfonamides is 1. The van der Waals surface area contributed by atoms with Gasteiger partial charge in [-0.1, -0.05) is 11.6 Å². The molecule has 2 heterocycles. The highest BCUT2D eigenvalue weighted by atomic mass is 35.5. The van der Waals surface area contributed by atoms with Crippen molar-refractivity contribution >= 4 is 43.8 Å². The number of piperazine rings is 1. The van der Waals surface area contributed by atoms with Crippen molar-refractivity contribution in [3.05, 3.63) is 56.9 Å². The molecule has 0 aliphatic carbocycles. The Bertz CT molecular complexity index is 1320. The SMILES string of the molecule is COc1ccc(OC)c(-c2csc(N3CCN(S(=O)(=O)c4ccc(Cl)c([N+](=O)[O-])c4)CC3)n2)c1. The Morgan fingerprint density at radius 1 is 1.09 bits per heavy atom. The number of methoxy groups -OCH3 is 2. The molecule has 1 aromatic heterocycles. The lowest BCUT2D eigenvalue weighted by molar-refractivity contribution is -0.384. The normalized spacial score (nSPS) is 14.7. The number of ether oxygens (including phenoxy) is 2. The third-order valence-corrected chi connectivity index (χ3v) is 8.55. The van der Waals surface area contributed by atoms with Gasteiger partial charge in [0.05, 0.1) is 29.7 Å². The van der Waals surface area contributed by atoms with E-state index in [9.17, 15) is 18.5 Å². The second-order valence-electron chi connectivity index (χ2n) is 7.34. The molecule has 13 heteroatoms. The Kier molecular flexibility index (Phi) is 6.94. The first-order valence-corrected chi connectivity index (χ1v) is 12.8. The van der Waals surface area contributed by atoms with Crippen molar-refractivity contribution in [1.82, 2.24) is 9.29 Å². The van der Waals surface area contributed by atoms with Crippen LogP contribution < -0.4 is 14.4 Å². The largest absolute Gasteiger partial charge is 0.497 e. The van der Waals surface area contributed by atoms with Gasteiger partial charge in [-0.15, -0.1) is 11.3 Å². The summed E-state index contributed by atoms with van der Waals surface area (Å²) in [6.45, 7) is 1.29. The number of nitro groups is 1. The van der Waals surface area contributed by atoms with Crippen LogP contribution in [0.1, 0.15) is 0 Å². The maximum absolute atomic E-state index is 13.0. The van der Waals surface area contributed by atoms with Crippen molar-refractivity contribution in [3.8, 4) is 22.8 Å². The Labute approximate surface area is 205 Å². The fourth-order valence-corrected chi connectivity index (χ4v) is 6.12. The number of anilines is 1. The molecule has 4 rings (SSSR count). The molecule has 34 heavy (non-hydrogen) atoms. The maximum atomic E-state index is 13.0. The smallest absolute Gasteiger partial charge is 0.289 e. The summed E-state index contributed by atoms with van der Waals surface area (Å²) < 4.78 is 38.2. The lowest BCUT2D eigenvalue weighted by atomic mass is 10.1. The Morgan fingerprint density at radius 3 is 2.47 bits per heavy atom. The number of nitro benzene ring substituents is 1. The Morgan fingerprint density at radius 2 is 1.82 bits per heavy atom. The fourth-order valence-electron chi connectivity index (χ4n) is 3.61. The number of halogens is 1. The van der Waals surface area contributed by atoms with Gasteiger partial charge in [-0.25, -0.2) is 13.4 Å². The molecular weight excluding hydrogens is 504 g/mol. The van der Waals surface area contributed by atoms with Gasteiger partial charge in [0, 0.05) is 43.2 Å². The van der Waals surface area contributed by atoms with Crippen LogP contribution in [0.4, 0.5) is 10.8 Å². The van der Waals surface area contributed by atoms with E-state index in [1.165, 1.54) is 27.8 Å². The predicted molar refractivity (Wildman–Crippen MR) is 130 cm³/mol. The minimum Gasteiger partial charge on any atom is -0.497 e. The zero-order valence-corrected chi connectivity index (χ0v) is 20.7. The molecule has 0 saturated carbocycles. The van der Waals surface area contributed by atoms with E-state index in [2.05, 4.69) is 0 Å². The van der Waals surface area contributed by atoms with Crippen LogP contribution in [0.3, 0.4) is 0 Å². The van der Waals surface area contributed by atoms with Gasteiger partial charge in [0.2, 0.25) is 10.0 Å². The van der Waals surface area contributed by atoms with E-state index >= 15 is 0 Å². The highest BCUT2D eigenvalue weighted by Crippen LogP contribution is 2.36. The van der Waals surface area contributed by atoms with Crippen molar-refractivity contribution in [1.29, 1.82) is 0 Å². The van der Waals surface area contributed by atoms with Crippen LogP contribution in [0.15, 0.2) is 46.7 Å². The molecule has 0 atom stereocenters. The molecule has 0 unspecified atom stereocenters. The van der Waals surface area contributed by atoms with Crippen LogP contribution in [0.25, 0.3) is 11.3 Å². The third-order valence-electron chi connectivity index (χ3n) is 5.44. The highest BCUT2D eigenvalue weighted by molar-refractivity contribution is 7.89. The summed E-state index contributed by atoms with van der Waals surface area (Å²) >= 11 is 7.28. The lowest BCUT2D eigenvalue weighted by Gasteiger charge is -2.33. The van der Waals surface area contributed by atoms with Crippen molar-refractivity contribution in [2.24, 2.45) is 0 Å². The van der Waals surface area contributed by atoms with Crippen molar-refractivity contribution in [2.45, 2.75) is 4.90 Å². The van der Waals surface area contributed by atoms with E-state index in [1.54, 1.807) is 14.2 Å². The number of thiazole rings is 1. The standard InChI is InChI=1S/C21H21ClN4O6S2/c1-31-14-3-6-20(32-2)16(11-14)18-13-33-21(23-18)24-7-9-25(10-8-24)34(29,30)15-4-5-17(22)19(12-15)26(27)28/h3-6,11-13H,7-10H2,1-2H3.